The van der Waals surface area contributed by atoms with Gasteiger partial charge >= 0.3 is 5.97 Å². The first-order valence-corrected chi connectivity index (χ1v) is 5.45. The molecule has 0 saturated carbocycles. The molecule has 3 nitrogen and oxygen atoms in total. The van der Waals surface area contributed by atoms with Gasteiger partial charge in [-0.3, -0.25) is 0 Å². The van der Waals surface area contributed by atoms with Gasteiger partial charge in [-0.25, -0.2) is 4.79 Å². The number of nitrogens with one attached hydrogen (secondary N) is 1. The number of aromatic carboxylic acids is 1. The molecule has 4 heteroatoms. The first-order chi connectivity index (χ1) is 7.31. The smallest absolute Gasteiger partial charge is 0.339 e. The van der Waals surface area contributed by atoms with Gasteiger partial charge < -0.3 is 10.4 Å². The van der Waals surface area contributed by atoms with E-state index in [1.807, 2.05) is 0 Å². The maximum atomic E-state index is 11.0. The van der Waals surface area contributed by atoms with Crippen molar-refractivity contribution in [1.82, 2.24) is 0 Å². The van der Waals surface area contributed by atoms with Gasteiger partial charge in [0.1, 0.15) is 5.56 Å². The van der Waals surface area contributed by atoms with E-state index in [0.29, 0.717) is 12.2 Å². The van der Waals surface area contributed by atoms with E-state index in [4.69, 9.17) is 16.7 Å². The molecule has 88 valence electrons. The summed E-state index contributed by atoms with van der Waals surface area (Å²) < 4.78 is 0. The van der Waals surface area contributed by atoms with E-state index in [2.05, 4.69) is 26.1 Å². The highest BCUT2D eigenvalue weighted by molar-refractivity contribution is 6.34. The molecule has 1 aromatic carbocycles. The van der Waals surface area contributed by atoms with Crippen LogP contribution in [0.2, 0.25) is 5.02 Å². The number of carbonyl (C=O) groups is 1. The largest absolute Gasteiger partial charge is 0.478 e. The molecule has 0 fully saturated rings. The highest BCUT2D eigenvalue weighted by Crippen LogP contribution is 2.25. The van der Waals surface area contributed by atoms with Gasteiger partial charge in [0.05, 0.1) is 10.7 Å². The standard InChI is InChI=1S/C12H16ClNO2/c1-12(2,3)7-14-9-6-4-5-8(13)10(9)11(15)16/h4-6,14H,7H2,1-3H3,(H,15,16). The Bertz CT molecular complexity index is 396. The Morgan fingerprint density at radius 2 is 2.06 bits per heavy atom. The molecule has 0 saturated heterocycles. The second kappa shape index (κ2) is 4.74. The summed E-state index contributed by atoms with van der Waals surface area (Å²) in [4.78, 5) is 11.0. The lowest BCUT2D eigenvalue weighted by Crippen LogP contribution is -2.20. The van der Waals surface area contributed by atoms with E-state index in [1.165, 1.54) is 0 Å². The number of hydrogen-bond donors (Lipinski definition) is 2. The second-order valence-electron chi connectivity index (χ2n) is 4.88. The van der Waals surface area contributed by atoms with Crippen LogP contribution in [0.25, 0.3) is 0 Å². The number of anilines is 1. The summed E-state index contributed by atoms with van der Waals surface area (Å²) in [6.45, 7) is 6.91. The van der Waals surface area contributed by atoms with Crippen LogP contribution in [-0.2, 0) is 0 Å². The van der Waals surface area contributed by atoms with Gasteiger partial charge in [0, 0.05) is 6.54 Å². The fraction of sp³-hybridized carbons (Fsp3) is 0.417. The third kappa shape index (κ3) is 3.42. The van der Waals surface area contributed by atoms with Crippen LogP contribution in [0.3, 0.4) is 0 Å². The second-order valence-corrected chi connectivity index (χ2v) is 5.29. The van der Waals surface area contributed by atoms with Crippen LogP contribution in [0.4, 0.5) is 5.69 Å². The van der Waals surface area contributed by atoms with E-state index in [-0.39, 0.29) is 16.0 Å². The third-order valence-corrected chi connectivity index (χ3v) is 2.35. The van der Waals surface area contributed by atoms with E-state index >= 15 is 0 Å². The number of carboxylic acids is 1. The molecule has 1 rings (SSSR count). The molecule has 0 amide bonds. The number of hydrogen-bond acceptors (Lipinski definition) is 2. The van der Waals surface area contributed by atoms with Crippen molar-refractivity contribution < 1.29 is 9.90 Å². The predicted octanol–water partition coefficient (Wildman–Crippen LogP) is 3.50. The zero-order valence-corrected chi connectivity index (χ0v) is 10.4. The van der Waals surface area contributed by atoms with Gasteiger partial charge in [0.15, 0.2) is 0 Å². The predicted molar refractivity (Wildman–Crippen MR) is 66.4 cm³/mol. The lowest BCUT2D eigenvalue weighted by atomic mass is 9.96. The van der Waals surface area contributed by atoms with Gasteiger partial charge in [-0.1, -0.05) is 38.4 Å². The van der Waals surface area contributed by atoms with Crippen LogP contribution in [-0.4, -0.2) is 17.6 Å². The number of rotatable bonds is 3. The fourth-order valence-corrected chi connectivity index (χ4v) is 1.50. The Morgan fingerprint density at radius 3 is 2.56 bits per heavy atom. The Labute approximate surface area is 100 Å². The molecule has 2 N–H and O–H groups in total. The highest BCUT2D eigenvalue weighted by Gasteiger charge is 2.16. The van der Waals surface area contributed by atoms with Gasteiger partial charge in [-0.05, 0) is 17.5 Å². The summed E-state index contributed by atoms with van der Waals surface area (Å²) in [6.07, 6.45) is 0. The Hall–Kier alpha value is -1.22. The zero-order chi connectivity index (χ0) is 12.3. The first-order valence-electron chi connectivity index (χ1n) is 5.07. The quantitative estimate of drug-likeness (QED) is 0.852. The maximum absolute atomic E-state index is 11.0. The molecule has 16 heavy (non-hydrogen) atoms. The average Bonchev–Trinajstić information content (AvgIpc) is 2.12. The lowest BCUT2D eigenvalue weighted by Gasteiger charge is -2.20. The molecule has 0 aliphatic rings. The molecule has 0 aliphatic carbocycles. The summed E-state index contributed by atoms with van der Waals surface area (Å²) in [5.74, 6) is -1.01. The van der Waals surface area contributed by atoms with Crippen molar-refractivity contribution in [3.8, 4) is 0 Å². The lowest BCUT2D eigenvalue weighted by molar-refractivity contribution is 0.0698. The normalized spacial score (nSPS) is 11.2. The molecule has 1 aromatic rings. The molecular weight excluding hydrogens is 226 g/mol. The topological polar surface area (TPSA) is 49.3 Å². The van der Waals surface area contributed by atoms with E-state index in [0.717, 1.165) is 0 Å². The van der Waals surface area contributed by atoms with Crippen molar-refractivity contribution in [1.29, 1.82) is 0 Å². The molecule has 0 aromatic heterocycles. The Morgan fingerprint density at radius 1 is 1.44 bits per heavy atom. The fourth-order valence-electron chi connectivity index (χ4n) is 1.25. The van der Waals surface area contributed by atoms with Crippen molar-refractivity contribution in [2.24, 2.45) is 5.41 Å². The van der Waals surface area contributed by atoms with Crippen LogP contribution in [0, 0.1) is 5.41 Å². The van der Waals surface area contributed by atoms with E-state index in [9.17, 15) is 4.79 Å². The van der Waals surface area contributed by atoms with Crippen molar-refractivity contribution in [3.05, 3.63) is 28.8 Å². The number of benzene rings is 1. The molecule has 0 spiro atoms. The summed E-state index contributed by atoms with van der Waals surface area (Å²) in [6, 6.07) is 5.04. The van der Waals surface area contributed by atoms with Crippen molar-refractivity contribution in [2.75, 3.05) is 11.9 Å². The van der Waals surface area contributed by atoms with Crippen molar-refractivity contribution >= 4 is 23.3 Å². The summed E-state index contributed by atoms with van der Waals surface area (Å²) in [7, 11) is 0. The minimum absolute atomic E-state index is 0.0814. The summed E-state index contributed by atoms with van der Waals surface area (Å²) in [5, 5.41) is 12.4. The molecule has 0 aliphatic heterocycles. The van der Waals surface area contributed by atoms with Gasteiger partial charge in [-0.2, -0.15) is 0 Å². The molecule has 0 heterocycles. The molecule has 0 atom stereocenters. The van der Waals surface area contributed by atoms with Crippen molar-refractivity contribution in [3.63, 3.8) is 0 Å². The average molecular weight is 242 g/mol. The molecular formula is C12H16ClNO2. The molecule has 0 unspecified atom stereocenters. The maximum Gasteiger partial charge on any atom is 0.339 e. The summed E-state index contributed by atoms with van der Waals surface area (Å²) >= 11 is 5.85. The first kappa shape index (κ1) is 12.8. The minimum atomic E-state index is -1.01. The Kier molecular flexibility index (Phi) is 3.81. The Balaban J connectivity index is 2.96. The molecule has 0 bridgehead atoms. The van der Waals surface area contributed by atoms with Gasteiger partial charge in [-0.15, -0.1) is 0 Å². The van der Waals surface area contributed by atoms with Crippen LogP contribution in [0.5, 0.6) is 0 Å². The zero-order valence-electron chi connectivity index (χ0n) is 9.67. The number of carboxylic acid groups (broad SMARTS) is 1. The highest BCUT2D eigenvalue weighted by atomic mass is 35.5. The SMILES string of the molecule is CC(C)(C)CNc1cccc(Cl)c1C(=O)O. The number of halogens is 1. The van der Waals surface area contributed by atoms with E-state index < -0.39 is 5.97 Å². The monoisotopic (exact) mass is 241 g/mol. The summed E-state index contributed by atoms with van der Waals surface area (Å²) in [5.41, 5.74) is 0.779. The van der Waals surface area contributed by atoms with E-state index in [1.54, 1.807) is 18.2 Å². The van der Waals surface area contributed by atoms with Crippen LogP contribution >= 0.6 is 11.6 Å². The van der Waals surface area contributed by atoms with Gasteiger partial charge in [0.25, 0.3) is 0 Å². The van der Waals surface area contributed by atoms with Gasteiger partial charge in [0.2, 0.25) is 0 Å². The third-order valence-electron chi connectivity index (χ3n) is 2.04. The van der Waals surface area contributed by atoms with Crippen molar-refractivity contribution in [2.45, 2.75) is 20.8 Å². The van der Waals surface area contributed by atoms with Crippen LogP contribution in [0.1, 0.15) is 31.1 Å². The van der Waals surface area contributed by atoms with Crippen LogP contribution in [0.15, 0.2) is 18.2 Å². The minimum Gasteiger partial charge on any atom is -0.478 e. The van der Waals surface area contributed by atoms with Crippen LogP contribution < -0.4 is 5.32 Å². The molecule has 0 radical (unpaired) electrons.